The number of nitrogens with zero attached hydrogens (tertiary/aromatic N) is 3. The zero-order valence-corrected chi connectivity index (χ0v) is 16.3. The van der Waals surface area contributed by atoms with Crippen LogP contribution in [-0.2, 0) is 21.4 Å². The molecule has 1 aromatic rings. The van der Waals surface area contributed by atoms with Crippen LogP contribution in [0, 0.1) is 5.41 Å². The molecule has 2 aliphatic rings. The number of likely N-dealkylation sites (tertiary alicyclic amines) is 1. The highest BCUT2D eigenvalue weighted by Gasteiger charge is 2.43. The average molecular weight is 423 g/mol. The minimum Gasteiger partial charge on any atom is -0.475 e. The Bertz CT molecular complexity index is 774. The fourth-order valence-corrected chi connectivity index (χ4v) is 4.61. The van der Waals surface area contributed by atoms with Crippen molar-refractivity contribution >= 4 is 16.0 Å². The van der Waals surface area contributed by atoms with E-state index in [4.69, 9.17) is 9.90 Å². The summed E-state index contributed by atoms with van der Waals surface area (Å²) < 4.78 is 56.9. The van der Waals surface area contributed by atoms with Gasteiger partial charge in [-0.1, -0.05) is 6.07 Å². The number of halogens is 3. The summed E-state index contributed by atoms with van der Waals surface area (Å²) in [6.45, 7) is 4.29. The van der Waals surface area contributed by atoms with E-state index in [0.717, 1.165) is 44.6 Å². The van der Waals surface area contributed by atoms with E-state index >= 15 is 0 Å². The summed E-state index contributed by atoms with van der Waals surface area (Å²) in [6.07, 6.45) is 1.33. The summed E-state index contributed by atoms with van der Waals surface area (Å²) in [5.41, 5.74) is 1.24. The molecule has 2 fully saturated rings. The Labute approximate surface area is 162 Å². The van der Waals surface area contributed by atoms with Crippen molar-refractivity contribution in [3.05, 3.63) is 30.1 Å². The monoisotopic (exact) mass is 423 g/mol. The van der Waals surface area contributed by atoms with Gasteiger partial charge in [-0.25, -0.2) is 17.5 Å². The van der Waals surface area contributed by atoms with Gasteiger partial charge in [-0.05, 0) is 43.4 Å². The van der Waals surface area contributed by atoms with E-state index in [-0.39, 0.29) is 5.41 Å². The molecule has 0 aromatic carbocycles. The van der Waals surface area contributed by atoms with Gasteiger partial charge >= 0.3 is 12.1 Å². The molecular formula is C17H24F3N3O4S. The van der Waals surface area contributed by atoms with Gasteiger partial charge in [-0.2, -0.15) is 13.2 Å². The highest BCUT2D eigenvalue weighted by molar-refractivity contribution is 7.88. The van der Waals surface area contributed by atoms with Crippen LogP contribution in [0.4, 0.5) is 13.2 Å². The topological polar surface area (TPSA) is 90.8 Å². The third kappa shape index (κ3) is 6.42. The van der Waals surface area contributed by atoms with Crippen molar-refractivity contribution in [3.8, 4) is 0 Å². The molecule has 2 aliphatic heterocycles. The van der Waals surface area contributed by atoms with Gasteiger partial charge < -0.3 is 5.11 Å². The number of hydrogen-bond acceptors (Lipinski definition) is 5. The maximum atomic E-state index is 11.7. The number of piperidine rings is 1. The van der Waals surface area contributed by atoms with Crippen molar-refractivity contribution in [1.82, 2.24) is 14.2 Å². The zero-order chi connectivity index (χ0) is 21.0. The van der Waals surface area contributed by atoms with Gasteiger partial charge in [0, 0.05) is 32.4 Å². The summed E-state index contributed by atoms with van der Waals surface area (Å²) in [5.74, 6) is -2.76. The summed E-state index contributed by atoms with van der Waals surface area (Å²) in [6, 6.07) is 6.00. The molecule has 3 heterocycles. The molecule has 0 radical (unpaired) electrons. The Morgan fingerprint density at radius 2 is 1.93 bits per heavy atom. The number of sulfonamides is 1. The number of aromatic nitrogens is 1. The summed E-state index contributed by atoms with van der Waals surface area (Å²) in [4.78, 5) is 15.7. The molecule has 1 N–H and O–H groups in total. The van der Waals surface area contributed by atoms with Crippen molar-refractivity contribution in [2.24, 2.45) is 5.41 Å². The molecule has 3 rings (SSSR count). The van der Waals surface area contributed by atoms with Gasteiger partial charge in [0.25, 0.3) is 0 Å². The van der Waals surface area contributed by atoms with E-state index in [1.54, 1.807) is 4.31 Å². The Balaban J connectivity index is 0.000000345. The minimum atomic E-state index is -5.08. The smallest absolute Gasteiger partial charge is 0.475 e. The molecule has 2 saturated heterocycles. The number of pyridine rings is 1. The van der Waals surface area contributed by atoms with Crippen molar-refractivity contribution in [1.29, 1.82) is 0 Å². The summed E-state index contributed by atoms with van der Waals surface area (Å²) in [5, 5.41) is 7.12. The van der Waals surface area contributed by atoms with Crippen LogP contribution in [0.2, 0.25) is 0 Å². The molecule has 7 nitrogen and oxygen atoms in total. The van der Waals surface area contributed by atoms with Gasteiger partial charge in [-0.3, -0.25) is 9.88 Å². The number of carboxylic acids is 1. The maximum absolute atomic E-state index is 11.7. The average Bonchev–Trinajstić information content (AvgIpc) is 2.99. The lowest BCUT2D eigenvalue weighted by Crippen LogP contribution is -2.44. The molecule has 1 aromatic heterocycles. The van der Waals surface area contributed by atoms with Gasteiger partial charge in [-0.15, -0.1) is 0 Å². The van der Waals surface area contributed by atoms with Crippen LogP contribution in [0.1, 0.15) is 25.0 Å². The fourth-order valence-electron chi connectivity index (χ4n) is 3.68. The lowest BCUT2D eigenvalue weighted by atomic mass is 9.79. The summed E-state index contributed by atoms with van der Waals surface area (Å²) in [7, 11) is -3.05. The second kappa shape index (κ2) is 8.75. The predicted molar refractivity (Wildman–Crippen MR) is 95.9 cm³/mol. The van der Waals surface area contributed by atoms with E-state index < -0.39 is 22.2 Å². The van der Waals surface area contributed by atoms with E-state index in [9.17, 15) is 21.6 Å². The largest absolute Gasteiger partial charge is 0.490 e. The molecule has 1 spiro atoms. The van der Waals surface area contributed by atoms with Crippen LogP contribution >= 0.6 is 0 Å². The number of alkyl halides is 3. The fraction of sp³-hybridized carbons (Fsp3) is 0.647. The minimum absolute atomic E-state index is 0.149. The number of carbonyl (C=O) groups is 1. The lowest BCUT2D eigenvalue weighted by molar-refractivity contribution is -0.192. The van der Waals surface area contributed by atoms with Crippen molar-refractivity contribution in [2.75, 3.05) is 32.4 Å². The van der Waals surface area contributed by atoms with Gasteiger partial charge in [0.1, 0.15) is 0 Å². The van der Waals surface area contributed by atoms with Crippen LogP contribution in [0.5, 0.6) is 0 Å². The standard InChI is InChI=1S/C15H23N3O2S.C2HF3O2/c1-21(19,20)18-10-7-15(13-18)6-4-9-17(12-15)11-14-5-2-3-8-16-14;3-2(4,5)1(6)7/h2-3,5,8H,4,6-7,9-13H2,1H3;(H,6,7). The van der Waals surface area contributed by atoms with Crippen LogP contribution in [0.25, 0.3) is 0 Å². The molecule has 158 valence electrons. The number of rotatable bonds is 3. The number of aliphatic carboxylic acids is 1. The van der Waals surface area contributed by atoms with E-state index in [1.165, 1.54) is 6.26 Å². The van der Waals surface area contributed by atoms with E-state index in [0.29, 0.717) is 13.1 Å². The van der Waals surface area contributed by atoms with Crippen molar-refractivity contribution in [2.45, 2.75) is 32.0 Å². The molecule has 0 bridgehead atoms. The second-order valence-electron chi connectivity index (χ2n) is 7.28. The Morgan fingerprint density at radius 3 is 2.43 bits per heavy atom. The second-order valence-corrected chi connectivity index (χ2v) is 9.27. The van der Waals surface area contributed by atoms with Crippen LogP contribution in [0.15, 0.2) is 24.4 Å². The number of hydrogen-bond donors (Lipinski definition) is 1. The normalized spacial score (nSPS) is 24.0. The Hall–Kier alpha value is -1.72. The van der Waals surface area contributed by atoms with Crippen LogP contribution in [-0.4, -0.2) is 72.3 Å². The highest BCUT2D eigenvalue weighted by atomic mass is 32.2. The van der Waals surface area contributed by atoms with Gasteiger partial charge in [0.05, 0.1) is 11.9 Å². The highest BCUT2D eigenvalue weighted by Crippen LogP contribution is 2.40. The van der Waals surface area contributed by atoms with E-state index in [1.807, 2.05) is 18.3 Å². The van der Waals surface area contributed by atoms with E-state index in [2.05, 4.69) is 16.0 Å². The maximum Gasteiger partial charge on any atom is 0.490 e. The first kappa shape index (κ1) is 22.6. The predicted octanol–water partition coefficient (Wildman–Crippen LogP) is 1.96. The summed E-state index contributed by atoms with van der Waals surface area (Å²) >= 11 is 0. The number of carboxylic acid groups (broad SMARTS) is 1. The Morgan fingerprint density at radius 1 is 1.25 bits per heavy atom. The van der Waals surface area contributed by atoms with Crippen LogP contribution < -0.4 is 0 Å². The molecular weight excluding hydrogens is 399 g/mol. The molecule has 11 heteroatoms. The molecule has 0 amide bonds. The van der Waals surface area contributed by atoms with Gasteiger partial charge in [0.2, 0.25) is 10.0 Å². The third-order valence-electron chi connectivity index (χ3n) is 4.97. The third-order valence-corrected chi connectivity index (χ3v) is 6.22. The molecule has 1 unspecified atom stereocenters. The quantitative estimate of drug-likeness (QED) is 0.799. The zero-order valence-electron chi connectivity index (χ0n) is 15.5. The first-order valence-electron chi connectivity index (χ1n) is 8.79. The molecule has 0 aliphatic carbocycles. The molecule has 1 atom stereocenters. The van der Waals surface area contributed by atoms with Crippen molar-refractivity contribution in [3.63, 3.8) is 0 Å². The first-order chi connectivity index (χ1) is 12.9. The van der Waals surface area contributed by atoms with Gasteiger partial charge in [0.15, 0.2) is 0 Å². The van der Waals surface area contributed by atoms with Crippen molar-refractivity contribution < 1.29 is 31.5 Å². The first-order valence-corrected chi connectivity index (χ1v) is 10.6. The molecule has 0 saturated carbocycles. The van der Waals surface area contributed by atoms with Crippen LogP contribution in [0.3, 0.4) is 0 Å². The SMILES string of the molecule is CS(=O)(=O)N1CCC2(CCCN(Cc3ccccn3)C2)C1.O=C(O)C(F)(F)F. The Kier molecular flexibility index (Phi) is 7.05. The molecule has 28 heavy (non-hydrogen) atoms. The lowest BCUT2D eigenvalue weighted by Gasteiger charge is -2.40.